The van der Waals surface area contributed by atoms with Gasteiger partial charge in [-0.05, 0) is 24.3 Å². The molecular weight excluding hydrogens is 245 g/mol. The number of benzene rings is 1. The summed E-state index contributed by atoms with van der Waals surface area (Å²) in [5.74, 6) is 0. The maximum absolute atomic E-state index is 5.91. The highest BCUT2D eigenvalue weighted by molar-refractivity contribution is 6.42. The number of hydrogen-bond acceptors (Lipinski definition) is 2. The lowest BCUT2D eigenvalue weighted by atomic mass is 10.3. The largest absolute Gasteiger partial charge is 0.379 e. The third kappa shape index (κ3) is 2.68. The maximum atomic E-state index is 5.91. The second kappa shape index (κ2) is 4.76. The van der Waals surface area contributed by atoms with E-state index in [0.29, 0.717) is 16.6 Å². The first-order valence-electron chi connectivity index (χ1n) is 4.82. The van der Waals surface area contributed by atoms with Gasteiger partial charge in [0.1, 0.15) is 0 Å². The van der Waals surface area contributed by atoms with Crippen molar-refractivity contribution in [3.8, 4) is 0 Å². The van der Waals surface area contributed by atoms with Crippen molar-refractivity contribution in [2.24, 2.45) is 7.05 Å². The Morgan fingerprint density at radius 1 is 1.25 bits per heavy atom. The number of rotatable bonds is 3. The summed E-state index contributed by atoms with van der Waals surface area (Å²) in [7, 11) is 1.89. The fourth-order valence-corrected chi connectivity index (χ4v) is 1.65. The van der Waals surface area contributed by atoms with Crippen molar-refractivity contribution in [1.29, 1.82) is 0 Å². The summed E-state index contributed by atoms with van der Waals surface area (Å²) in [4.78, 5) is 0. The van der Waals surface area contributed by atoms with Crippen LogP contribution in [0.4, 0.5) is 5.69 Å². The third-order valence-corrected chi connectivity index (χ3v) is 2.90. The minimum atomic E-state index is 0.549. The van der Waals surface area contributed by atoms with E-state index in [4.69, 9.17) is 23.2 Å². The Kier molecular flexibility index (Phi) is 3.36. The average molecular weight is 256 g/mol. The first kappa shape index (κ1) is 11.3. The summed E-state index contributed by atoms with van der Waals surface area (Å²) in [5.41, 5.74) is 1.91. The van der Waals surface area contributed by atoms with Crippen LogP contribution in [0.25, 0.3) is 0 Å². The molecule has 0 aliphatic carbocycles. The zero-order valence-corrected chi connectivity index (χ0v) is 10.3. The molecule has 0 saturated carbocycles. The number of aromatic nitrogens is 2. The van der Waals surface area contributed by atoms with E-state index in [-0.39, 0.29) is 0 Å². The van der Waals surface area contributed by atoms with Gasteiger partial charge in [0.25, 0.3) is 0 Å². The smallest absolute Gasteiger partial charge is 0.0815 e. The van der Waals surface area contributed by atoms with Gasteiger partial charge in [0.15, 0.2) is 0 Å². The molecular formula is C11H11Cl2N3. The lowest BCUT2D eigenvalue weighted by Crippen LogP contribution is -2.01. The van der Waals surface area contributed by atoms with Crippen LogP contribution in [-0.4, -0.2) is 9.78 Å². The van der Waals surface area contributed by atoms with Crippen molar-refractivity contribution in [2.45, 2.75) is 6.54 Å². The molecule has 5 heteroatoms. The van der Waals surface area contributed by atoms with E-state index in [1.165, 1.54) is 0 Å². The topological polar surface area (TPSA) is 29.9 Å². The van der Waals surface area contributed by atoms with Gasteiger partial charge in [0.2, 0.25) is 0 Å². The number of hydrogen-bond donors (Lipinski definition) is 1. The lowest BCUT2D eigenvalue weighted by molar-refractivity contribution is 0.747. The van der Waals surface area contributed by atoms with Crippen LogP contribution in [0.1, 0.15) is 5.69 Å². The predicted octanol–water partition coefficient (Wildman–Crippen LogP) is 3.34. The molecule has 1 N–H and O–H groups in total. The highest BCUT2D eigenvalue weighted by Crippen LogP contribution is 2.25. The summed E-state index contributed by atoms with van der Waals surface area (Å²) in [5, 5.41) is 8.59. The standard InChI is InChI=1S/C11H11Cl2N3/c1-16-5-4-9(15-16)7-14-8-2-3-10(12)11(13)6-8/h2-6,14H,7H2,1H3. The van der Waals surface area contributed by atoms with Crippen LogP contribution in [0.3, 0.4) is 0 Å². The van der Waals surface area contributed by atoms with Crippen molar-refractivity contribution < 1.29 is 0 Å². The van der Waals surface area contributed by atoms with Crippen molar-refractivity contribution in [1.82, 2.24) is 9.78 Å². The van der Waals surface area contributed by atoms with Crippen LogP contribution in [0.2, 0.25) is 10.0 Å². The summed E-state index contributed by atoms with van der Waals surface area (Å²) in [6, 6.07) is 7.42. The number of nitrogens with one attached hydrogen (secondary N) is 1. The summed E-state index contributed by atoms with van der Waals surface area (Å²) in [6.45, 7) is 0.665. The molecule has 0 aliphatic rings. The third-order valence-electron chi connectivity index (χ3n) is 2.16. The Bertz CT molecular complexity index is 494. The van der Waals surface area contributed by atoms with E-state index < -0.39 is 0 Å². The molecule has 1 aromatic heterocycles. The van der Waals surface area contributed by atoms with Crippen LogP contribution < -0.4 is 5.32 Å². The molecule has 0 unspecified atom stereocenters. The van der Waals surface area contributed by atoms with E-state index in [9.17, 15) is 0 Å². The molecule has 0 bridgehead atoms. The van der Waals surface area contributed by atoms with E-state index in [2.05, 4.69) is 10.4 Å². The van der Waals surface area contributed by atoms with Crippen molar-refractivity contribution in [3.05, 3.63) is 46.2 Å². The van der Waals surface area contributed by atoms with Gasteiger partial charge in [0.05, 0.1) is 22.3 Å². The second-order valence-corrected chi connectivity index (χ2v) is 4.28. The fraction of sp³-hybridized carbons (Fsp3) is 0.182. The number of halogens is 2. The SMILES string of the molecule is Cn1ccc(CNc2ccc(Cl)c(Cl)c2)n1. The molecule has 0 spiro atoms. The molecule has 0 saturated heterocycles. The van der Waals surface area contributed by atoms with Gasteiger partial charge in [-0.1, -0.05) is 23.2 Å². The Morgan fingerprint density at radius 2 is 2.06 bits per heavy atom. The molecule has 16 heavy (non-hydrogen) atoms. The van der Waals surface area contributed by atoms with Crippen LogP contribution in [0.5, 0.6) is 0 Å². The van der Waals surface area contributed by atoms with Crippen LogP contribution in [0, 0.1) is 0 Å². The second-order valence-electron chi connectivity index (χ2n) is 3.46. The van der Waals surface area contributed by atoms with Gasteiger partial charge in [-0.15, -0.1) is 0 Å². The summed E-state index contributed by atoms with van der Waals surface area (Å²) in [6.07, 6.45) is 1.91. The number of aryl methyl sites for hydroxylation is 1. The average Bonchev–Trinajstić information content (AvgIpc) is 2.66. The molecule has 2 rings (SSSR count). The van der Waals surface area contributed by atoms with Crippen molar-refractivity contribution >= 4 is 28.9 Å². The van der Waals surface area contributed by atoms with Crippen LogP contribution in [0.15, 0.2) is 30.5 Å². The van der Waals surface area contributed by atoms with E-state index in [1.807, 2.05) is 25.4 Å². The molecule has 0 aliphatic heterocycles. The Labute approximate surface area is 104 Å². The molecule has 0 fully saturated rings. The summed E-state index contributed by atoms with van der Waals surface area (Å²) < 4.78 is 1.77. The molecule has 84 valence electrons. The lowest BCUT2D eigenvalue weighted by Gasteiger charge is -2.05. The highest BCUT2D eigenvalue weighted by atomic mass is 35.5. The molecule has 1 heterocycles. The molecule has 0 amide bonds. The van der Waals surface area contributed by atoms with E-state index in [0.717, 1.165) is 11.4 Å². The Balaban J connectivity index is 2.02. The molecule has 3 nitrogen and oxygen atoms in total. The first-order chi connectivity index (χ1) is 7.65. The normalized spacial score (nSPS) is 10.4. The van der Waals surface area contributed by atoms with Crippen LogP contribution in [-0.2, 0) is 13.6 Å². The maximum Gasteiger partial charge on any atom is 0.0815 e. The minimum Gasteiger partial charge on any atom is -0.379 e. The van der Waals surface area contributed by atoms with Gasteiger partial charge in [0, 0.05) is 18.9 Å². The Morgan fingerprint density at radius 3 is 2.69 bits per heavy atom. The van der Waals surface area contributed by atoms with Crippen molar-refractivity contribution in [3.63, 3.8) is 0 Å². The highest BCUT2D eigenvalue weighted by Gasteiger charge is 2.00. The number of anilines is 1. The van der Waals surface area contributed by atoms with E-state index >= 15 is 0 Å². The fourth-order valence-electron chi connectivity index (χ4n) is 1.36. The zero-order valence-electron chi connectivity index (χ0n) is 8.74. The molecule has 0 radical (unpaired) electrons. The zero-order chi connectivity index (χ0) is 11.5. The quantitative estimate of drug-likeness (QED) is 0.912. The first-order valence-corrected chi connectivity index (χ1v) is 5.58. The van der Waals surface area contributed by atoms with Crippen LogP contribution >= 0.6 is 23.2 Å². The van der Waals surface area contributed by atoms with E-state index in [1.54, 1.807) is 16.8 Å². The molecule has 2 aromatic rings. The van der Waals surface area contributed by atoms with Gasteiger partial charge in [-0.25, -0.2) is 0 Å². The minimum absolute atomic E-state index is 0.549. The number of nitrogens with zero attached hydrogens (tertiary/aromatic N) is 2. The monoisotopic (exact) mass is 255 g/mol. The predicted molar refractivity (Wildman–Crippen MR) is 67.0 cm³/mol. The summed E-state index contributed by atoms with van der Waals surface area (Å²) >= 11 is 11.7. The van der Waals surface area contributed by atoms with Gasteiger partial charge < -0.3 is 5.32 Å². The molecule has 1 aromatic carbocycles. The van der Waals surface area contributed by atoms with Gasteiger partial charge in [-0.2, -0.15) is 5.10 Å². The van der Waals surface area contributed by atoms with Gasteiger partial charge >= 0.3 is 0 Å². The Hall–Kier alpha value is -1.19. The van der Waals surface area contributed by atoms with Gasteiger partial charge in [-0.3, -0.25) is 4.68 Å². The molecule has 0 atom stereocenters. The van der Waals surface area contributed by atoms with Crippen molar-refractivity contribution in [2.75, 3.05) is 5.32 Å².